The Hall–Kier alpha value is -3.16. The second kappa shape index (κ2) is 9.97. The highest BCUT2D eigenvalue weighted by Crippen LogP contribution is 2.42. The number of rotatable bonds is 7. The maximum atomic E-state index is 14.1. The molecule has 164 valence electrons. The Morgan fingerprint density at radius 3 is 2.59 bits per heavy atom. The highest BCUT2D eigenvalue weighted by Gasteiger charge is 2.34. The van der Waals surface area contributed by atoms with E-state index in [-0.39, 0.29) is 29.6 Å². The first-order chi connectivity index (χ1) is 15.5. The van der Waals surface area contributed by atoms with Crippen LogP contribution in [0.3, 0.4) is 0 Å². The number of amides is 2. The number of halogens is 1. The third-order valence-electron chi connectivity index (χ3n) is 5.13. The molecule has 0 spiro atoms. The van der Waals surface area contributed by atoms with Crippen molar-refractivity contribution in [1.82, 2.24) is 0 Å². The van der Waals surface area contributed by atoms with Crippen molar-refractivity contribution in [2.24, 2.45) is 0 Å². The number of thioether (sulfide) groups is 1. The average Bonchev–Trinajstić information content (AvgIpc) is 3.18. The number of ether oxygens (including phenoxy) is 1. The number of benzene rings is 3. The quantitative estimate of drug-likeness (QED) is 0.546. The lowest BCUT2D eigenvalue weighted by Crippen LogP contribution is -2.28. The molecule has 1 unspecified atom stereocenters. The van der Waals surface area contributed by atoms with Crippen LogP contribution in [0, 0.1) is 12.7 Å². The Balaban J connectivity index is 1.37. The van der Waals surface area contributed by atoms with Crippen LogP contribution >= 0.6 is 11.8 Å². The summed E-state index contributed by atoms with van der Waals surface area (Å²) in [5.74, 6) is -0.303. The third-order valence-corrected chi connectivity index (χ3v) is 6.34. The lowest BCUT2D eigenvalue weighted by molar-refractivity contribution is -0.121. The molecule has 1 aliphatic heterocycles. The van der Waals surface area contributed by atoms with E-state index in [0.717, 1.165) is 11.1 Å². The summed E-state index contributed by atoms with van der Waals surface area (Å²) in [6.45, 7) is 2.02. The molecule has 0 aromatic heterocycles. The van der Waals surface area contributed by atoms with E-state index in [0.29, 0.717) is 29.3 Å². The molecule has 5 nitrogen and oxygen atoms in total. The van der Waals surface area contributed by atoms with Gasteiger partial charge < -0.3 is 10.1 Å². The summed E-state index contributed by atoms with van der Waals surface area (Å²) in [4.78, 5) is 26.3. The summed E-state index contributed by atoms with van der Waals surface area (Å²) < 4.78 is 19.5. The van der Waals surface area contributed by atoms with Crippen LogP contribution in [0.2, 0.25) is 0 Å². The van der Waals surface area contributed by atoms with Gasteiger partial charge >= 0.3 is 0 Å². The van der Waals surface area contributed by atoms with Gasteiger partial charge in [0.15, 0.2) is 0 Å². The highest BCUT2D eigenvalue weighted by atomic mass is 32.2. The monoisotopic (exact) mass is 450 g/mol. The fourth-order valence-corrected chi connectivity index (χ4v) is 4.62. The van der Waals surface area contributed by atoms with E-state index >= 15 is 0 Å². The van der Waals surface area contributed by atoms with Crippen LogP contribution in [0.15, 0.2) is 72.8 Å². The lowest BCUT2D eigenvalue weighted by Gasteiger charge is -2.25. The number of aryl methyl sites for hydroxylation is 1. The SMILES string of the molecule is Cc1ccc(N2C(=O)CSC2c2ccc(NC(=O)COCc3ccccc3)cc2)cc1F. The highest BCUT2D eigenvalue weighted by molar-refractivity contribution is 8.00. The lowest BCUT2D eigenvalue weighted by atomic mass is 10.1. The predicted octanol–water partition coefficient (Wildman–Crippen LogP) is 5.07. The van der Waals surface area contributed by atoms with Crippen LogP contribution in [0.25, 0.3) is 0 Å². The van der Waals surface area contributed by atoms with Gasteiger partial charge in [-0.3, -0.25) is 14.5 Å². The summed E-state index contributed by atoms with van der Waals surface area (Å²) in [7, 11) is 0. The van der Waals surface area contributed by atoms with E-state index in [1.165, 1.54) is 17.8 Å². The molecule has 1 atom stereocenters. The largest absolute Gasteiger partial charge is 0.367 e. The second-order valence-corrected chi connectivity index (χ2v) is 8.58. The van der Waals surface area contributed by atoms with Gasteiger partial charge in [0.1, 0.15) is 17.8 Å². The van der Waals surface area contributed by atoms with Gasteiger partial charge in [-0.25, -0.2) is 4.39 Å². The van der Waals surface area contributed by atoms with Crippen molar-refractivity contribution >= 4 is 35.0 Å². The van der Waals surface area contributed by atoms with Gasteiger partial charge in [0.25, 0.3) is 0 Å². The van der Waals surface area contributed by atoms with Crippen molar-refractivity contribution in [3.05, 3.63) is 95.3 Å². The number of nitrogens with one attached hydrogen (secondary N) is 1. The van der Waals surface area contributed by atoms with Gasteiger partial charge in [0.05, 0.1) is 12.4 Å². The summed E-state index contributed by atoms with van der Waals surface area (Å²) in [6.07, 6.45) is 0. The van der Waals surface area contributed by atoms with Crippen LogP contribution in [0.4, 0.5) is 15.8 Å². The summed E-state index contributed by atoms with van der Waals surface area (Å²) in [6, 6.07) is 21.8. The van der Waals surface area contributed by atoms with Gasteiger partial charge in [-0.15, -0.1) is 11.8 Å². The van der Waals surface area contributed by atoms with Crippen LogP contribution in [0.5, 0.6) is 0 Å². The molecule has 1 heterocycles. The summed E-state index contributed by atoms with van der Waals surface area (Å²) in [5, 5.41) is 2.56. The molecule has 1 aliphatic rings. The molecule has 4 rings (SSSR count). The Bertz CT molecular complexity index is 1110. The molecule has 1 N–H and O–H groups in total. The maximum absolute atomic E-state index is 14.1. The van der Waals surface area contributed by atoms with Crippen molar-refractivity contribution in [3.63, 3.8) is 0 Å². The second-order valence-electron chi connectivity index (χ2n) is 7.51. The summed E-state index contributed by atoms with van der Waals surface area (Å²) in [5.41, 5.74) is 3.63. The number of carbonyl (C=O) groups excluding carboxylic acids is 2. The Morgan fingerprint density at radius 1 is 1.12 bits per heavy atom. The van der Waals surface area contributed by atoms with Crippen LogP contribution < -0.4 is 10.2 Å². The molecule has 1 fully saturated rings. The Morgan fingerprint density at radius 2 is 1.88 bits per heavy atom. The molecular weight excluding hydrogens is 427 g/mol. The fraction of sp³-hybridized carbons (Fsp3) is 0.200. The van der Waals surface area contributed by atoms with Gasteiger partial charge in [-0.2, -0.15) is 0 Å². The van der Waals surface area contributed by atoms with Crippen LogP contribution in [0.1, 0.15) is 22.1 Å². The number of hydrogen-bond donors (Lipinski definition) is 1. The summed E-state index contributed by atoms with van der Waals surface area (Å²) >= 11 is 1.49. The molecule has 2 amide bonds. The van der Waals surface area contributed by atoms with E-state index in [1.54, 1.807) is 36.1 Å². The van der Waals surface area contributed by atoms with Crippen LogP contribution in [-0.2, 0) is 20.9 Å². The predicted molar refractivity (Wildman–Crippen MR) is 125 cm³/mol. The maximum Gasteiger partial charge on any atom is 0.250 e. The van der Waals surface area contributed by atoms with Crippen molar-refractivity contribution in [2.75, 3.05) is 22.6 Å². The van der Waals surface area contributed by atoms with E-state index in [2.05, 4.69) is 5.32 Å². The number of anilines is 2. The number of nitrogens with zero attached hydrogens (tertiary/aromatic N) is 1. The van der Waals surface area contributed by atoms with E-state index in [4.69, 9.17) is 4.74 Å². The van der Waals surface area contributed by atoms with Crippen molar-refractivity contribution in [3.8, 4) is 0 Å². The van der Waals surface area contributed by atoms with Gasteiger partial charge in [0.2, 0.25) is 11.8 Å². The van der Waals surface area contributed by atoms with E-state index in [9.17, 15) is 14.0 Å². The smallest absolute Gasteiger partial charge is 0.250 e. The third kappa shape index (κ3) is 5.18. The van der Waals surface area contributed by atoms with Crippen molar-refractivity contribution < 1.29 is 18.7 Å². The number of carbonyl (C=O) groups is 2. The molecule has 7 heteroatoms. The molecular formula is C25H23FN2O3S. The van der Waals surface area contributed by atoms with E-state index in [1.807, 2.05) is 42.5 Å². The molecule has 0 bridgehead atoms. The first-order valence-electron chi connectivity index (χ1n) is 10.2. The standard InChI is InChI=1S/C25H23FN2O3S/c1-17-7-12-21(13-22(17)26)28-24(30)16-32-25(28)19-8-10-20(11-9-19)27-23(29)15-31-14-18-5-3-2-4-6-18/h2-13,25H,14-16H2,1H3,(H,27,29). The van der Waals surface area contributed by atoms with Gasteiger partial charge in [-0.1, -0.05) is 48.5 Å². The van der Waals surface area contributed by atoms with E-state index < -0.39 is 0 Å². The molecule has 0 aliphatic carbocycles. The van der Waals surface area contributed by atoms with Crippen molar-refractivity contribution in [1.29, 1.82) is 0 Å². The first-order valence-corrected chi connectivity index (χ1v) is 11.3. The normalized spacial score (nSPS) is 15.8. The average molecular weight is 451 g/mol. The topological polar surface area (TPSA) is 58.6 Å². The Labute approximate surface area is 190 Å². The minimum absolute atomic E-state index is 0.0452. The zero-order chi connectivity index (χ0) is 22.5. The minimum Gasteiger partial charge on any atom is -0.367 e. The van der Waals surface area contributed by atoms with Crippen LogP contribution in [-0.4, -0.2) is 24.2 Å². The number of hydrogen-bond acceptors (Lipinski definition) is 4. The van der Waals surface area contributed by atoms with Crippen molar-refractivity contribution in [2.45, 2.75) is 18.9 Å². The van der Waals surface area contributed by atoms with Gasteiger partial charge in [0, 0.05) is 11.4 Å². The molecule has 1 saturated heterocycles. The zero-order valence-electron chi connectivity index (χ0n) is 17.6. The minimum atomic E-state index is -0.335. The zero-order valence-corrected chi connectivity index (χ0v) is 18.4. The Kier molecular flexibility index (Phi) is 6.87. The molecule has 0 saturated carbocycles. The molecule has 3 aromatic carbocycles. The molecule has 0 radical (unpaired) electrons. The fourth-order valence-electron chi connectivity index (χ4n) is 3.45. The first kappa shape index (κ1) is 22.0. The molecule has 3 aromatic rings. The van der Waals surface area contributed by atoms with Gasteiger partial charge in [-0.05, 0) is 47.9 Å². The molecule has 32 heavy (non-hydrogen) atoms.